The molecule has 172 valence electrons. The number of anilines is 3. The van der Waals surface area contributed by atoms with Crippen molar-refractivity contribution in [3.8, 4) is 0 Å². The number of rotatable bonds is 7. The number of hydrogen-bond donors (Lipinski definition) is 2. The molecular weight excluding hydrogens is 466 g/mol. The van der Waals surface area contributed by atoms with E-state index in [-0.39, 0.29) is 17.1 Å². The molecule has 0 aliphatic carbocycles. The summed E-state index contributed by atoms with van der Waals surface area (Å²) in [6.07, 6.45) is -0.477. The van der Waals surface area contributed by atoms with Gasteiger partial charge in [-0.15, -0.1) is 0 Å². The lowest BCUT2D eigenvalue weighted by Gasteiger charge is -2.17. The molecule has 0 atom stereocenters. The van der Waals surface area contributed by atoms with Crippen molar-refractivity contribution in [1.82, 2.24) is 0 Å². The quantitative estimate of drug-likeness (QED) is 0.488. The lowest BCUT2D eigenvalue weighted by atomic mass is 10.2. The Balaban J connectivity index is 1.65. The number of sulfonamides is 1. The van der Waals surface area contributed by atoms with E-state index in [2.05, 4.69) is 10.0 Å². The van der Waals surface area contributed by atoms with E-state index in [1.807, 2.05) is 0 Å². The summed E-state index contributed by atoms with van der Waals surface area (Å²) >= 11 is 5.81. The molecular formula is C23H22ClN3O5S. The topological polar surface area (TPSA) is 105 Å². The predicted molar refractivity (Wildman–Crippen MR) is 129 cm³/mol. The summed E-state index contributed by atoms with van der Waals surface area (Å²) in [6.45, 7) is 2.00. The molecule has 0 saturated carbocycles. The van der Waals surface area contributed by atoms with E-state index in [0.29, 0.717) is 22.1 Å². The largest absolute Gasteiger partial charge is 0.449 e. The maximum absolute atomic E-state index is 12.6. The van der Waals surface area contributed by atoms with Gasteiger partial charge in [0.1, 0.15) is 0 Å². The molecule has 2 N–H and O–H groups in total. The molecule has 0 unspecified atom stereocenters. The molecule has 0 aliphatic heterocycles. The van der Waals surface area contributed by atoms with Crippen LogP contribution in [0.5, 0.6) is 0 Å². The number of benzene rings is 3. The van der Waals surface area contributed by atoms with Gasteiger partial charge in [-0.3, -0.25) is 14.4 Å². The molecule has 0 radical (unpaired) electrons. The molecule has 10 heteroatoms. The lowest BCUT2D eigenvalue weighted by molar-refractivity contribution is 0.102. The fourth-order valence-corrected chi connectivity index (χ4v) is 4.00. The van der Waals surface area contributed by atoms with Crippen LogP contribution in [0.2, 0.25) is 5.02 Å². The Morgan fingerprint density at radius 1 is 0.909 bits per heavy atom. The van der Waals surface area contributed by atoms with Gasteiger partial charge in [0.2, 0.25) is 0 Å². The van der Waals surface area contributed by atoms with E-state index in [1.54, 1.807) is 62.5 Å². The highest BCUT2D eigenvalue weighted by Crippen LogP contribution is 2.21. The first-order chi connectivity index (χ1) is 15.7. The van der Waals surface area contributed by atoms with Crippen molar-refractivity contribution >= 4 is 50.7 Å². The van der Waals surface area contributed by atoms with Crippen LogP contribution in [0.1, 0.15) is 17.3 Å². The summed E-state index contributed by atoms with van der Waals surface area (Å²) < 4.78 is 32.5. The third-order valence-corrected chi connectivity index (χ3v) is 6.23. The van der Waals surface area contributed by atoms with E-state index in [4.69, 9.17) is 16.3 Å². The zero-order chi connectivity index (χ0) is 24.0. The molecule has 33 heavy (non-hydrogen) atoms. The van der Waals surface area contributed by atoms with Gasteiger partial charge in [0.05, 0.1) is 11.5 Å². The van der Waals surface area contributed by atoms with Crippen LogP contribution in [0.4, 0.5) is 21.9 Å². The Kier molecular flexibility index (Phi) is 7.57. The number of amides is 2. The van der Waals surface area contributed by atoms with Crippen molar-refractivity contribution in [2.75, 3.05) is 28.6 Å². The van der Waals surface area contributed by atoms with Crippen LogP contribution in [0.15, 0.2) is 77.7 Å². The van der Waals surface area contributed by atoms with Crippen molar-refractivity contribution < 1.29 is 22.7 Å². The van der Waals surface area contributed by atoms with Gasteiger partial charge in [0, 0.05) is 34.7 Å². The zero-order valence-corrected chi connectivity index (χ0v) is 19.5. The second-order valence-electron chi connectivity index (χ2n) is 6.90. The molecule has 0 fully saturated rings. The molecule has 8 nitrogen and oxygen atoms in total. The monoisotopic (exact) mass is 487 g/mol. The number of nitrogens with zero attached hydrogens (tertiary/aromatic N) is 1. The molecule has 3 aromatic carbocycles. The molecule has 0 aliphatic rings. The number of hydrogen-bond acceptors (Lipinski definition) is 5. The van der Waals surface area contributed by atoms with E-state index >= 15 is 0 Å². The Morgan fingerprint density at radius 3 is 2.06 bits per heavy atom. The third kappa shape index (κ3) is 6.24. The Hall–Kier alpha value is -3.56. The number of carbonyl (C=O) groups is 2. The minimum Gasteiger partial charge on any atom is -0.449 e. The minimum absolute atomic E-state index is 0.0142. The van der Waals surface area contributed by atoms with E-state index in [0.717, 1.165) is 0 Å². The third-order valence-electron chi connectivity index (χ3n) is 4.58. The molecule has 3 rings (SSSR count). The lowest BCUT2D eigenvalue weighted by Crippen LogP contribution is -2.26. The second-order valence-corrected chi connectivity index (χ2v) is 9.01. The number of nitrogens with one attached hydrogen (secondary N) is 2. The Labute approximate surface area is 197 Å². The van der Waals surface area contributed by atoms with E-state index in [9.17, 15) is 18.0 Å². The second kappa shape index (κ2) is 10.4. The van der Waals surface area contributed by atoms with Crippen LogP contribution >= 0.6 is 11.6 Å². The van der Waals surface area contributed by atoms with Crippen molar-refractivity contribution in [3.63, 3.8) is 0 Å². The first kappa shape index (κ1) is 24.1. The van der Waals surface area contributed by atoms with Gasteiger partial charge < -0.3 is 10.1 Å². The van der Waals surface area contributed by atoms with Crippen LogP contribution < -0.4 is 14.9 Å². The Bertz CT molecular complexity index is 1230. The van der Waals surface area contributed by atoms with Crippen LogP contribution in [-0.2, 0) is 14.8 Å². The highest BCUT2D eigenvalue weighted by molar-refractivity contribution is 7.92. The van der Waals surface area contributed by atoms with Gasteiger partial charge in [0.25, 0.3) is 15.9 Å². The van der Waals surface area contributed by atoms with Crippen molar-refractivity contribution in [2.45, 2.75) is 11.8 Å². The maximum atomic E-state index is 12.6. The van der Waals surface area contributed by atoms with Crippen molar-refractivity contribution in [3.05, 3.63) is 83.4 Å². The van der Waals surface area contributed by atoms with Gasteiger partial charge in [0.15, 0.2) is 0 Å². The van der Waals surface area contributed by atoms with Gasteiger partial charge >= 0.3 is 6.09 Å². The van der Waals surface area contributed by atoms with Crippen LogP contribution in [-0.4, -0.2) is 34.1 Å². The summed E-state index contributed by atoms with van der Waals surface area (Å²) in [6, 6.07) is 18.5. The predicted octanol–water partition coefficient (Wildman–Crippen LogP) is 4.99. The number of ether oxygens (including phenoxy) is 1. The molecule has 0 saturated heterocycles. The standard InChI is InChI=1S/C23H22ClN3O5S/c1-3-32-23(29)27(2)20-12-10-18(11-13-20)25-22(28)16-4-14-21(15-5-16)33(30,31)26-19-8-6-17(24)7-9-19/h4-15,26H,3H2,1-2H3,(H,25,28). The molecule has 0 spiro atoms. The SMILES string of the molecule is CCOC(=O)N(C)c1ccc(NC(=O)c2ccc(S(=O)(=O)Nc3ccc(Cl)cc3)cc2)cc1. The zero-order valence-electron chi connectivity index (χ0n) is 17.9. The fourth-order valence-electron chi connectivity index (χ4n) is 2.81. The van der Waals surface area contributed by atoms with Gasteiger partial charge in [-0.2, -0.15) is 0 Å². The molecule has 0 heterocycles. The van der Waals surface area contributed by atoms with Gasteiger partial charge in [-0.05, 0) is 79.7 Å². The van der Waals surface area contributed by atoms with E-state index in [1.165, 1.54) is 29.2 Å². The van der Waals surface area contributed by atoms with Gasteiger partial charge in [-0.25, -0.2) is 13.2 Å². The number of halogens is 1. The Morgan fingerprint density at radius 2 is 1.48 bits per heavy atom. The average Bonchev–Trinajstić information content (AvgIpc) is 2.80. The molecule has 0 aromatic heterocycles. The summed E-state index contributed by atoms with van der Waals surface area (Å²) in [5.41, 5.74) is 1.78. The van der Waals surface area contributed by atoms with Crippen molar-refractivity contribution in [2.24, 2.45) is 0 Å². The average molecular weight is 488 g/mol. The minimum atomic E-state index is -3.82. The van der Waals surface area contributed by atoms with Gasteiger partial charge in [-0.1, -0.05) is 11.6 Å². The van der Waals surface area contributed by atoms with Crippen LogP contribution in [0.3, 0.4) is 0 Å². The first-order valence-electron chi connectivity index (χ1n) is 9.90. The molecule has 0 bridgehead atoms. The van der Waals surface area contributed by atoms with Crippen LogP contribution in [0, 0.1) is 0 Å². The maximum Gasteiger partial charge on any atom is 0.413 e. The summed E-state index contributed by atoms with van der Waals surface area (Å²) in [7, 11) is -2.23. The smallest absolute Gasteiger partial charge is 0.413 e. The van der Waals surface area contributed by atoms with Crippen molar-refractivity contribution in [1.29, 1.82) is 0 Å². The summed E-state index contributed by atoms with van der Waals surface area (Å²) in [5.74, 6) is -0.406. The molecule has 3 aromatic rings. The summed E-state index contributed by atoms with van der Waals surface area (Å²) in [4.78, 5) is 25.7. The van der Waals surface area contributed by atoms with E-state index < -0.39 is 22.0 Å². The fraction of sp³-hybridized carbons (Fsp3) is 0.130. The van der Waals surface area contributed by atoms with Crippen LogP contribution in [0.25, 0.3) is 0 Å². The summed E-state index contributed by atoms with van der Waals surface area (Å²) in [5, 5.41) is 3.23. The normalized spacial score (nSPS) is 10.9. The molecule has 2 amide bonds. The highest BCUT2D eigenvalue weighted by Gasteiger charge is 2.16. The highest BCUT2D eigenvalue weighted by atomic mass is 35.5. The first-order valence-corrected chi connectivity index (χ1v) is 11.8. The number of carbonyl (C=O) groups excluding carboxylic acids is 2.